The zero-order chi connectivity index (χ0) is 32.6. The topological polar surface area (TPSA) is 118 Å². The Balaban J connectivity index is 1.80. The van der Waals surface area contributed by atoms with E-state index in [1.165, 1.54) is 20.8 Å². The summed E-state index contributed by atoms with van der Waals surface area (Å²) in [5.74, 6) is 0.654. The lowest BCUT2D eigenvalue weighted by Crippen LogP contribution is -2.44. The average Bonchev–Trinajstić information content (AvgIpc) is 3.67. The molecule has 0 bridgehead atoms. The van der Waals surface area contributed by atoms with Crippen molar-refractivity contribution in [2.75, 3.05) is 0 Å². The van der Waals surface area contributed by atoms with E-state index in [1.807, 2.05) is 4.72 Å². The van der Waals surface area contributed by atoms with Crippen LogP contribution in [-0.2, 0) is 27.3 Å². The fraction of sp³-hybridized carbons (Fsp3) is 0.536. The SMILES string of the molecule is C=S(=O)(N[C@H](CC)C(F)(F)F)c1ccc(-c2sc(-c3nnc(CC(C)(C)C(=O)O)o3)nc2CC2CCCC2)c(C(F)F)c1F. The second-order valence-corrected chi connectivity index (χ2v) is 14.5. The van der Waals surface area contributed by atoms with Crippen molar-refractivity contribution >= 4 is 32.9 Å². The smallest absolute Gasteiger partial charge is 0.404 e. The van der Waals surface area contributed by atoms with Gasteiger partial charge in [0, 0.05) is 12.0 Å². The zero-order valence-corrected chi connectivity index (χ0v) is 25.8. The van der Waals surface area contributed by atoms with Gasteiger partial charge >= 0.3 is 12.1 Å². The van der Waals surface area contributed by atoms with Gasteiger partial charge in [-0.05, 0) is 44.5 Å². The number of aromatic nitrogens is 3. The Morgan fingerprint density at radius 2 is 1.89 bits per heavy atom. The van der Waals surface area contributed by atoms with Crippen LogP contribution in [0.1, 0.15) is 76.4 Å². The minimum Gasteiger partial charge on any atom is -0.481 e. The normalized spacial score (nSPS) is 16.9. The summed E-state index contributed by atoms with van der Waals surface area (Å²) in [7, 11) is -4.19. The Labute approximate surface area is 254 Å². The molecule has 44 heavy (non-hydrogen) atoms. The van der Waals surface area contributed by atoms with Crippen molar-refractivity contribution in [3.05, 3.63) is 35.1 Å². The number of halogens is 6. The van der Waals surface area contributed by atoms with Crippen LogP contribution in [0, 0.1) is 17.2 Å². The van der Waals surface area contributed by atoms with E-state index >= 15 is 4.39 Å². The first-order valence-corrected chi connectivity index (χ1v) is 16.4. The lowest BCUT2D eigenvalue weighted by atomic mass is 9.90. The number of thiazole rings is 1. The van der Waals surface area contributed by atoms with Crippen LogP contribution in [-0.4, -0.2) is 48.6 Å². The Kier molecular flexibility index (Phi) is 9.86. The highest BCUT2D eigenvalue weighted by Crippen LogP contribution is 2.44. The maximum atomic E-state index is 15.8. The molecule has 0 spiro atoms. The molecular weight excluding hydrogens is 634 g/mol. The van der Waals surface area contributed by atoms with E-state index in [9.17, 15) is 36.1 Å². The number of hydrogen-bond acceptors (Lipinski definition) is 7. The molecule has 0 amide bonds. The summed E-state index contributed by atoms with van der Waals surface area (Å²) in [5, 5.41) is 17.4. The molecule has 0 saturated heterocycles. The molecule has 0 radical (unpaired) electrons. The van der Waals surface area contributed by atoms with Crippen LogP contribution in [0.15, 0.2) is 21.4 Å². The number of carbonyl (C=O) groups is 1. The van der Waals surface area contributed by atoms with Crippen LogP contribution >= 0.6 is 11.3 Å². The first-order valence-electron chi connectivity index (χ1n) is 13.8. The van der Waals surface area contributed by atoms with Crippen LogP contribution in [0.3, 0.4) is 0 Å². The molecule has 1 aliphatic carbocycles. The lowest BCUT2D eigenvalue weighted by molar-refractivity contribution is -0.151. The number of alkyl halides is 5. The number of carboxylic acids is 1. The van der Waals surface area contributed by atoms with Gasteiger partial charge in [-0.15, -0.1) is 21.5 Å². The van der Waals surface area contributed by atoms with Gasteiger partial charge in [-0.2, -0.15) is 13.2 Å². The van der Waals surface area contributed by atoms with Crippen LogP contribution < -0.4 is 4.72 Å². The molecule has 1 aromatic carbocycles. The number of aliphatic carboxylic acids is 1. The minimum absolute atomic E-state index is 0.0205. The molecular formula is C28H32F6N4O4S2. The van der Waals surface area contributed by atoms with E-state index in [-0.39, 0.29) is 39.6 Å². The summed E-state index contributed by atoms with van der Waals surface area (Å²) in [6, 6.07) is -0.311. The monoisotopic (exact) mass is 666 g/mol. The van der Waals surface area contributed by atoms with E-state index in [0.29, 0.717) is 12.1 Å². The van der Waals surface area contributed by atoms with Gasteiger partial charge in [0.2, 0.25) is 5.89 Å². The average molecular weight is 667 g/mol. The standard InChI is InChI=1S/C28H32F6N4O4S2/c1-5-18(28(32,33)34)38-44(4,41)17-11-10-15(20(21(17)29)23(30)31)22-16(12-14-8-6-7-9-14)35-25(43-22)24-37-36-19(42-24)13-27(2,3)26(39)40/h10-11,14,18,23H,4-9,12-13H2,1-3H3,(H,38,41)(H,39,40)/t18-,44?/m1/s1. The van der Waals surface area contributed by atoms with Crippen molar-refractivity contribution in [3.8, 4) is 21.3 Å². The molecule has 1 saturated carbocycles. The Hall–Kier alpha value is -2.98. The molecule has 2 heterocycles. The van der Waals surface area contributed by atoms with Gasteiger partial charge in [0.25, 0.3) is 12.3 Å². The summed E-state index contributed by atoms with van der Waals surface area (Å²) in [6.07, 6.45) is -4.79. The third kappa shape index (κ3) is 7.28. The Bertz CT molecular complexity index is 1610. The van der Waals surface area contributed by atoms with E-state index in [0.717, 1.165) is 49.2 Å². The Morgan fingerprint density at radius 3 is 2.45 bits per heavy atom. The van der Waals surface area contributed by atoms with Crippen molar-refractivity contribution in [3.63, 3.8) is 0 Å². The van der Waals surface area contributed by atoms with E-state index in [2.05, 4.69) is 21.1 Å². The number of nitrogens with one attached hydrogen (secondary N) is 1. The predicted octanol–water partition coefficient (Wildman–Crippen LogP) is 7.24. The molecule has 3 aromatic rings. The molecule has 1 fully saturated rings. The summed E-state index contributed by atoms with van der Waals surface area (Å²) >= 11 is 0.883. The van der Waals surface area contributed by atoms with Crippen LogP contribution in [0.25, 0.3) is 21.3 Å². The maximum Gasteiger partial charge on any atom is 0.404 e. The van der Waals surface area contributed by atoms with Gasteiger partial charge in [0.1, 0.15) is 11.9 Å². The van der Waals surface area contributed by atoms with Gasteiger partial charge < -0.3 is 9.52 Å². The van der Waals surface area contributed by atoms with Crippen molar-refractivity contribution in [1.82, 2.24) is 19.9 Å². The highest BCUT2D eigenvalue weighted by atomic mass is 32.2. The van der Waals surface area contributed by atoms with E-state index < -0.39 is 62.4 Å². The van der Waals surface area contributed by atoms with Crippen molar-refractivity contribution < 1.29 is 44.9 Å². The van der Waals surface area contributed by atoms with Crippen molar-refractivity contribution in [2.24, 2.45) is 11.3 Å². The van der Waals surface area contributed by atoms with Crippen LogP contribution in [0.2, 0.25) is 0 Å². The van der Waals surface area contributed by atoms with E-state index in [1.54, 1.807) is 0 Å². The molecule has 2 atom stereocenters. The first kappa shape index (κ1) is 33.9. The molecule has 2 aromatic heterocycles. The van der Waals surface area contributed by atoms with Gasteiger partial charge in [0.15, 0.2) is 5.01 Å². The number of benzene rings is 1. The van der Waals surface area contributed by atoms with Gasteiger partial charge in [0.05, 0.1) is 36.2 Å². The number of rotatable bonds is 12. The molecule has 4 rings (SSSR count). The zero-order valence-electron chi connectivity index (χ0n) is 24.1. The van der Waals surface area contributed by atoms with E-state index in [4.69, 9.17) is 4.42 Å². The molecule has 0 aliphatic heterocycles. The fourth-order valence-electron chi connectivity index (χ4n) is 5.06. The molecule has 242 valence electrons. The lowest BCUT2D eigenvalue weighted by Gasteiger charge is -2.24. The van der Waals surface area contributed by atoms with Crippen molar-refractivity contribution in [2.45, 2.75) is 89.3 Å². The molecule has 1 aliphatic rings. The second kappa shape index (κ2) is 12.8. The van der Waals surface area contributed by atoms with Crippen LogP contribution in [0.5, 0.6) is 0 Å². The van der Waals surface area contributed by atoms with Crippen molar-refractivity contribution in [1.29, 1.82) is 0 Å². The fourth-order valence-corrected chi connectivity index (χ4v) is 7.69. The van der Waals surface area contributed by atoms with Gasteiger partial charge in [-0.3, -0.25) is 4.79 Å². The quantitative estimate of drug-likeness (QED) is 0.155. The summed E-state index contributed by atoms with van der Waals surface area (Å²) in [6.45, 7) is 4.14. The number of hydrogen-bond donors (Lipinski definition) is 2. The second-order valence-electron chi connectivity index (χ2n) is 11.5. The Morgan fingerprint density at radius 1 is 1.23 bits per heavy atom. The largest absolute Gasteiger partial charge is 0.481 e. The summed E-state index contributed by atoms with van der Waals surface area (Å²) < 4.78 is 105. The summed E-state index contributed by atoms with van der Waals surface area (Å²) in [5.41, 5.74) is -2.25. The highest BCUT2D eigenvalue weighted by Gasteiger charge is 2.40. The maximum absolute atomic E-state index is 15.8. The third-order valence-electron chi connectivity index (χ3n) is 7.57. The molecule has 16 heteroatoms. The molecule has 8 nitrogen and oxygen atoms in total. The number of nitrogens with zero attached hydrogens (tertiary/aromatic N) is 3. The van der Waals surface area contributed by atoms with Gasteiger partial charge in [-0.1, -0.05) is 38.7 Å². The number of carboxylic acid groups (broad SMARTS) is 1. The minimum atomic E-state index is -4.83. The van der Waals surface area contributed by atoms with Crippen LogP contribution in [0.4, 0.5) is 26.3 Å². The predicted molar refractivity (Wildman–Crippen MR) is 153 cm³/mol. The summed E-state index contributed by atoms with van der Waals surface area (Å²) in [4.78, 5) is 15.4. The molecule has 2 N–H and O–H groups in total. The molecule has 1 unspecified atom stereocenters. The highest BCUT2D eigenvalue weighted by molar-refractivity contribution is 7.98. The third-order valence-corrected chi connectivity index (χ3v) is 10.4. The van der Waals surface area contributed by atoms with Gasteiger partial charge in [-0.25, -0.2) is 27.1 Å². The first-order chi connectivity index (χ1) is 20.4.